The molecule has 1 atom stereocenters. The molecule has 1 saturated heterocycles. The molecule has 8 nitrogen and oxygen atoms in total. The summed E-state index contributed by atoms with van der Waals surface area (Å²) < 4.78 is 34.6. The Labute approximate surface area is 200 Å². The van der Waals surface area contributed by atoms with Crippen molar-refractivity contribution in [1.29, 1.82) is 0 Å². The number of morpholine rings is 1. The molecule has 1 aliphatic heterocycles. The van der Waals surface area contributed by atoms with E-state index in [4.69, 9.17) is 4.74 Å². The third-order valence-electron chi connectivity index (χ3n) is 6.84. The highest BCUT2D eigenvalue weighted by Gasteiger charge is 2.27. The molecule has 0 bridgehead atoms. The molecule has 0 radical (unpaired) electrons. The van der Waals surface area contributed by atoms with E-state index < -0.39 is 10.0 Å². The lowest BCUT2D eigenvalue weighted by Crippen LogP contribution is -2.40. The van der Waals surface area contributed by atoms with Gasteiger partial charge in [0.2, 0.25) is 15.9 Å². The number of carbonyl (C=O) groups excluding carboxylic acids is 1. The molecule has 1 aliphatic carbocycles. The largest absolute Gasteiger partial charge is 0.379 e. The maximum absolute atomic E-state index is 13.0. The van der Waals surface area contributed by atoms with Crippen LogP contribution in [-0.2, 0) is 45.9 Å². The van der Waals surface area contributed by atoms with E-state index in [1.54, 1.807) is 18.2 Å². The number of aromatic nitrogens is 2. The Morgan fingerprint density at radius 2 is 1.91 bits per heavy atom. The van der Waals surface area contributed by atoms with Gasteiger partial charge in [0.1, 0.15) is 5.82 Å². The fourth-order valence-corrected chi connectivity index (χ4v) is 6.32. The van der Waals surface area contributed by atoms with Crippen LogP contribution in [0.1, 0.15) is 29.8 Å². The van der Waals surface area contributed by atoms with Crippen molar-refractivity contribution in [3.8, 4) is 0 Å². The van der Waals surface area contributed by atoms with Gasteiger partial charge in [-0.25, -0.2) is 13.4 Å². The molecular weight excluding hydrogens is 452 g/mol. The summed E-state index contributed by atoms with van der Waals surface area (Å²) >= 11 is 0. The van der Waals surface area contributed by atoms with Gasteiger partial charge in [-0.15, -0.1) is 0 Å². The van der Waals surface area contributed by atoms with Crippen molar-refractivity contribution in [2.24, 2.45) is 7.05 Å². The van der Waals surface area contributed by atoms with E-state index in [0.717, 1.165) is 30.6 Å². The Hall–Kier alpha value is -2.75. The molecule has 0 saturated carbocycles. The number of nitrogens with zero attached hydrogens (tertiary/aromatic N) is 3. The van der Waals surface area contributed by atoms with Crippen molar-refractivity contribution in [1.82, 2.24) is 19.2 Å². The highest BCUT2D eigenvalue weighted by molar-refractivity contribution is 7.89. The molecule has 34 heavy (non-hydrogen) atoms. The number of amides is 1. The van der Waals surface area contributed by atoms with E-state index in [1.807, 2.05) is 17.7 Å². The van der Waals surface area contributed by atoms with Crippen LogP contribution >= 0.6 is 0 Å². The van der Waals surface area contributed by atoms with Crippen molar-refractivity contribution in [3.63, 3.8) is 0 Å². The zero-order chi connectivity index (χ0) is 23.7. The SMILES string of the molecule is Cn1c(CCC(=O)NC2CCc3ccccc3C2)nc2cc(S(=O)(=O)N3CCOCC3)ccc21. The zero-order valence-electron chi connectivity index (χ0n) is 19.4. The maximum atomic E-state index is 13.0. The summed E-state index contributed by atoms with van der Waals surface area (Å²) in [5.74, 6) is 0.784. The third kappa shape index (κ3) is 4.60. The molecule has 1 unspecified atom stereocenters. The van der Waals surface area contributed by atoms with Gasteiger partial charge in [-0.3, -0.25) is 4.79 Å². The van der Waals surface area contributed by atoms with Gasteiger partial charge in [0, 0.05) is 39.0 Å². The van der Waals surface area contributed by atoms with Crippen molar-refractivity contribution >= 4 is 27.0 Å². The summed E-state index contributed by atoms with van der Waals surface area (Å²) in [6.07, 6.45) is 3.64. The summed E-state index contributed by atoms with van der Waals surface area (Å²) in [6, 6.07) is 13.6. The van der Waals surface area contributed by atoms with Crippen LogP contribution in [0, 0.1) is 0 Å². The fraction of sp³-hybridized carbons (Fsp3) is 0.440. The van der Waals surface area contributed by atoms with Crippen LogP contribution in [0.5, 0.6) is 0 Å². The molecule has 1 fully saturated rings. The van der Waals surface area contributed by atoms with E-state index in [0.29, 0.717) is 44.7 Å². The highest BCUT2D eigenvalue weighted by atomic mass is 32.2. The Morgan fingerprint density at radius 3 is 2.71 bits per heavy atom. The average Bonchev–Trinajstić information content (AvgIpc) is 3.18. The van der Waals surface area contributed by atoms with Gasteiger partial charge >= 0.3 is 0 Å². The highest BCUT2D eigenvalue weighted by Crippen LogP contribution is 2.24. The van der Waals surface area contributed by atoms with Gasteiger partial charge in [-0.2, -0.15) is 4.31 Å². The van der Waals surface area contributed by atoms with Gasteiger partial charge < -0.3 is 14.6 Å². The Balaban J connectivity index is 1.24. The lowest BCUT2D eigenvalue weighted by atomic mass is 9.88. The molecule has 3 aromatic rings. The first-order chi connectivity index (χ1) is 16.4. The number of hydrogen-bond donors (Lipinski definition) is 1. The third-order valence-corrected chi connectivity index (χ3v) is 8.73. The molecule has 2 heterocycles. The smallest absolute Gasteiger partial charge is 0.243 e. The molecule has 0 spiro atoms. The standard InChI is InChI=1S/C25H30N4O4S/c1-28-23-9-8-21(34(31,32)29-12-14-33-15-13-29)17-22(23)27-24(28)10-11-25(30)26-20-7-6-18-4-2-3-5-19(18)16-20/h2-5,8-9,17,20H,6-7,10-16H2,1H3,(H,26,30). The number of fused-ring (bicyclic) bond motifs is 2. The average molecular weight is 483 g/mol. The Bertz CT molecular complexity index is 1310. The Kier molecular flexibility index (Phi) is 6.42. The second-order valence-corrected chi connectivity index (χ2v) is 11.0. The van der Waals surface area contributed by atoms with E-state index in [-0.39, 0.29) is 16.8 Å². The number of benzene rings is 2. The summed E-state index contributed by atoms with van der Waals surface area (Å²) in [7, 11) is -1.68. The zero-order valence-corrected chi connectivity index (χ0v) is 20.2. The van der Waals surface area contributed by atoms with Crippen molar-refractivity contribution in [2.45, 2.75) is 43.0 Å². The van der Waals surface area contributed by atoms with Crippen LogP contribution in [0.2, 0.25) is 0 Å². The van der Waals surface area contributed by atoms with E-state index >= 15 is 0 Å². The first kappa shape index (κ1) is 23.0. The summed E-state index contributed by atoms with van der Waals surface area (Å²) in [5, 5.41) is 3.18. The number of hydrogen-bond acceptors (Lipinski definition) is 5. The molecule has 2 aromatic carbocycles. The van der Waals surface area contributed by atoms with Crippen molar-refractivity contribution in [3.05, 3.63) is 59.4 Å². The molecule has 1 aromatic heterocycles. The number of nitrogens with one attached hydrogen (secondary N) is 1. The Morgan fingerprint density at radius 1 is 1.15 bits per heavy atom. The van der Waals surface area contributed by atoms with Crippen LogP contribution in [0.15, 0.2) is 47.4 Å². The second kappa shape index (κ2) is 9.48. The minimum Gasteiger partial charge on any atom is -0.379 e. The minimum absolute atomic E-state index is 0.0204. The van der Waals surface area contributed by atoms with Crippen LogP contribution in [0.3, 0.4) is 0 Å². The number of carbonyl (C=O) groups is 1. The van der Waals surface area contributed by atoms with E-state index in [9.17, 15) is 13.2 Å². The molecule has 1 N–H and O–H groups in total. The molecule has 5 rings (SSSR count). The summed E-state index contributed by atoms with van der Waals surface area (Å²) in [4.78, 5) is 17.5. The van der Waals surface area contributed by atoms with Gasteiger partial charge in [0.15, 0.2) is 0 Å². The number of rotatable bonds is 6. The number of imidazole rings is 1. The van der Waals surface area contributed by atoms with Gasteiger partial charge in [-0.05, 0) is 48.6 Å². The van der Waals surface area contributed by atoms with E-state index in [1.165, 1.54) is 15.4 Å². The maximum Gasteiger partial charge on any atom is 0.243 e. The number of ether oxygens (including phenoxy) is 1. The quantitative estimate of drug-likeness (QED) is 0.581. The predicted molar refractivity (Wildman–Crippen MR) is 129 cm³/mol. The molecule has 1 amide bonds. The van der Waals surface area contributed by atoms with Crippen molar-refractivity contribution < 1.29 is 17.9 Å². The second-order valence-electron chi connectivity index (χ2n) is 9.03. The minimum atomic E-state index is -3.58. The molecule has 2 aliphatic rings. The first-order valence-corrected chi connectivity index (χ1v) is 13.3. The number of sulfonamides is 1. The topological polar surface area (TPSA) is 93.5 Å². The monoisotopic (exact) mass is 482 g/mol. The van der Waals surface area contributed by atoms with Gasteiger partial charge in [-0.1, -0.05) is 24.3 Å². The number of aryl methyl sites for hydroxylation is 3. The van der Waals surface area contributed by atoms with E-state index in [2.05, 4.69) is 28.5 Å². The molecular formula is C25H30N4O4S. The van der Waals surface area contributed by atoms with Crippen LogP contribution in [0.4, 0.5) is 0 Å². The molecule has 9 heteroatoms. The first-order valence-electron chi connectivity index (χ1n) is 11.8. The van der Waals surface area contributed by atoms with Gasteiger partial charge in [0.05, 0.1) is 29.1 Å². The lowest BCUT2D eigenvalue weighted by molar-refractivity contribution is -0.121. The van der Waals surface area contributed by atoms with Crippen LogP contribution < -0.4 is 5.32 Å². The molecule has 180 valence electrons. The summed E-state index contributed by atoms with van der Waals surface area (Å²) in [6.45, 7) is 1.53. The normalized spacial score (nSPS) is 19.1. The van der Waals surface area contributed by atoms with Crippen LogP contribution in [0.25, 0.3) is 11.0 Å². The predicted octanol–water partition coefficient (Wildman–Crippen LogP) is 2.20. The van der Waals surface area contributed by atoms with Crippen molar-refractivity contribution in [2.75, 3.05) is 26.3 Å². The lowest BCUT2D eigenvalue weighted by Gasteiger charge is -2.26. The van der Waals surface area contributed by atoms with Crippen LogP contribution in [-0.4, -0.2) is 60.5 Å². The summed E-state index contributed by atoms with van der Waals surface area (Å²) in [5.41, 5.74) is 4.16. The van der Waals surface area contributed by atoms with Gasteiger partial charge in [0.25, 0.3) is 0 Å². The fourth-order valence-electron chi connectivity index (χ4n) is 4.90.